The van der Waals surface area contributed by atoms with Gasteiger partial charge in [0.2, 0.25) is 0 Å². The summed E-state index contributed by atoms with van der Waals surface area (Å²) in [5, 5.41) is 3.13. The maximum Gasteiger partial charge on any atom is 0.149 e. The minimum atomic E-state index is -0.557. The Hall–Kier alpha value is -2.10. The van der Waals surface area contributed by atoms with E-state index in [1.54, 1.807) is 7.11 Å². The van der Waals surface area contributed by atoms with Gasteiger partial charge >= 0.3 is 0 Å². The van der Waals surface area contributed by atoms with E-state index >= 15 is 0 Å². The third kappa shape index (κ3) is 2.84. The fourth-order valence-corrected chi connectivity index (χ4v) is 2.82. The summed E-state index contributed by atoms with van der Waals surface area (Å²) in [5.74, 6) is 0.213. The van der Waals surface area contributed by atoms with Gasteiger partial charge in [-0.25, -0.2) is 8.78 Å². The average Bonchev–Trinajstić information content (AvgIpc) is 2.44. The van der Waals surface area contributed by atoms with Crippen LogP contribution in [-0.4, -0.2) is 13.2 Å². The summed E-state index contributed by atoms with van der Waals surface area (Å²) >= 11 is 0. The molecule has 2 aromatic rings. The quantitative estimate of drug-likeness (QED) is 0.904. The van der Waals surface area contributed by atoms with Gasteiger partial charge in [0.05, 0.1) is 12.8 Å². The van der Waals surface area contributed by atoms with E-state index in [4.69, 9.17) is 4.74 Å². The van der Waals surface area contributed by atoms with Crippen LogP contribution in [0.1, 0.15) is 24.3 Å². The molecule has 1 saturated carbocycles. The number of methoxy groups -OCH3 is 1. The van der Waals surface area contributed by atoms with Gasteiger partial charge in [0, 0.05) is 12.1 Å². The molecule has 0 radical (unpaired) electrons. The third-order valence-electron chi connectivity index (χ3n) is 4.01. The normalized spacial score (nSPS) is 20.7. The first-order chi connectivity index (χ1) is 10.2. The van der Waals surface area contributed by atoms with Gasteiger partial charge in [-0.3, -0.25) is 0 Å². The van der Waals surface area contributed by atoms with Crippen molar-refractivity contribution in [2.75, 3.05) is 12.4 Å². The monoisotopic (exact) mass is 289 g/mol. The molecule has 1 aliphatic carbocycles. The molecule has 1 aliphatic rings. The molecular weight excluding hydrogens is 272 g/mol. The largest absolute Gasteiger partial charge is 0.496 e. The van der Waals surface area contributed by atoms with E-state index in [1.165, 1.54) is 17.7 Å². The summed E-state index contributed by atoms with van der Waals surface area (Å²) in [6.07, 6.45) is 1.83. The summed E-state index contributed by atoms with van der Waals surface area (Å²) in [6, 6.07) is 11.8. The highest BCUT2D eigenvalue weighted by Crippen LogP contribution is 2.42. The highest BCUT2D eigenvalue weighted by Gasteiger charge is 2.32. The second-order valence-electron chi connectivity index (χ2n) is 5.38. The predicted molar refractivity (Wildman–Crippen MR) is 78.7 cm³/mol. The fourth-order valence-electron chi connectivity index (χ4n) is 2.82. The highest BCUT2D eigenvalue weighted by molar-refractivity contribution is 5.47. The molecule has 0 atom stereocenters. The number of para-hydroxylation sites is 1. The van der Waals surface area contributed by atoms with Crippen molar-refractivity contribution in [3.05, 3.63) is 59.7 Å². The zero-order chi connectivity index (χ0) is 14.8. The van der Waals surface area contributed by atoms with E-state index in [0.717, 1.165) is 24.7 Å². The zero-order valence-corrected chi connectivity index (χ0v) is 11.8. The number of nitrogens with one attached hydrogen (secondary N) is 1. The number of halogens is 2. The molecule has 0 bridgehead atoms. The minimum Gasteiger partial charge on any atom is -0.496 e. The van der Waals surface area contributed by atoms with Gasteiger partial charge in [-0.15, -0.1) is 0 Å². The van der Waals surface area contributed by atoms with Gasteiger partial charge in [0.1, 0.15) is 17.4 Å². The number of anilines is 1. The molecular formula is C17H17F2NO. The number of ether oxygens (including phenoxy) is 1. The Bertz CT molecular complexity index is 638. The Morgan fingerprint density at radius 3 is 2.57 bits per heavy atom. The maximum atomic E-state index is 13.6. The van der Waals surface area contributed by atoms with Crippen LogP contribution in [0.4, 0.5) is 14.5 Å². The van der Waals surface area contributed by atoms with Crippen LogP contribution < -0.4 is 10.1 Å². The molecule has 2 aromatic carbocycles. The number of benzene rings is 2. The summed E-state index contributed by atoms with van der Waals surface area (Å²) in [4.78, 5) is 0. The molecule has 4 heteroatoms. The molecule has 0 amide bonds. The van der Waals surface area contributed by atoms with Gasteiger partial charge in [0.15, 0.2) is 0 Å². The van der Waals surface area contributed by atoms with Crippen LogP contribution in [0.2, 0.25) is 0 Å². The summed E-state index contributed by atoms with van der Waals surface area (Å²) in [5.41, 5.74) is 1.55. The first-order valence-electron chi connectivity index (χ1n) is 7.02. The second kappa shape index (κ2) is 5.72. The highest BCUT2D eigenvalue weighted by atomic mass is 19.1. The van der Waals surface area contributed by atoms with Crippen molar-refractivity contribution in [3.63, 3.8) is 0 Å². The van der Waals surface area contributed by atoms with Crippen molar-refractivity contribution in [2.45, 2.75) is 24.8 Å². The lowest BCUT2D eigenvalue weighted by molar-refractivity contribution is 0.349. The van der Waals surface area contributed by atoms with E-state index in [0.29, 0.717) is 11.6 Å². The third-order valence-corrected chi connectivity index (χ3v) is 4.01. The number of hydrogen-bond donors (Lipinski definition) is 1. The maximum absolute atomic E-state index is 13.6. The Balaban J connectivity index is 1.63. The second-order valence-corrected chi connectivity index (χ2v) is 5.38. The van der Waals surface area contributed by atoms with Gasteiger partial charge in [-0.2, -0.15) is 0 Å². The van der Waals surface area contributed by atoms with E-state index in [9.17, 15) is 8.78 Å². The van der Waals surface area contributed by atoms with E-state index in [-0.39, 0.29) is 6.04 Å². The van der Waals surface area contributed by atoms with Crippen molar-refractivity contribution in [2.24, 2.45) is 0 Å². The molecule has 110 valence electrons. The van der Waals surface area contributed by atoms with Crippen LogP contribution in [0.25, 0.3) is 0 Å². The van der Waals surface area contributed by atoms with Crippen LogP contribution in [0, 0.1) is 11.6 Å². The van der Waals surface area contributed by atoms with Crippen LogP contribution in [-0.2, 0) is 0 Å². The Morgan fingerprint density at radius 2 is 1.86 bits per heavy atom. The van der Waals surface area contributed by atoms with E-state index in [2.05, 4.69) is 11.4 Å². The average molecular weight is 289 g/mol. The standard InChI is InChI=1S/C17H17F2NO/c1-21-17-5-3-2-4-14(17)11-8-13(9-11)20-16-7-6-12(18)10-15(16)19/h2-7,10-11,13,20H,8-9H2,1H3. The molecule has 0 aromatic heterocycles. The Morgan fingerprint density at radius 1 is 1.10 bits per heavy atom. The Labute approximate surface area is 122 Å². The molecule has 21 heavy (non-hydrogen) atoms. The number of hydrogen-bond acceptors (Lipinski definition) is 2. The molecule has 0 heterocycles. The zero-order valence-electron chi connectivity index (χ0n) is 11.8. The van der Waals surface area contributed by atoms with Crippen molar-refractivity contribution in [1.29, 1.82) is 0 Å². The lowest BCUT2D eigenvalue weighted by Crippen LogP contribution is -2.34. The molecule has 0 aliphatic heterocycles. The molecule has 2 nitrogen and oxygen atoms in total. The molecule has 1 N–H and O–H groups in total. The van der Waals surface area contributed by atoms with Crippen molar-refractivity contribution < 1.29 is 13.5 Å². The van der Waals surface area contributed by atoms with Crippen LogP contribution in [0.15, 0.2) is 42.5 Å². The summed E-state index contributed by atoms with van der Waals surface area (Å²) in [7, 11) is 1.67. The van der Waals surface area contributed by atoms with Crippen LogP contribution in [0.5, 0.6) is 5.75 Å². The van der Waals surface area contributed by atoms with Crippen molar-refractivity contribution in [1.82, 2.24) is 0 Å². The fraction of sp³-hybridized carbons (Fsp3) is 0.294. The number of rotatable bonds is 4. The first kappa shape index (κ1) is 13.9. The summed E-state index contributed by atoms with van der Waals surface area (Å²) in [6.45, 7) is 0. The molecule has 0 unspecified atom stereocenters. The van der Waals surface area contributed by atoms with Gasteiger partial charge < -0.3 is 10.1 Å². The van der Waals surface area contributed by atoms with Crippen LogP contribution in [0.3, 0.4) is 0 Å². The van der Waals surface area contributed by atoms with Crippen molar-refractivity contribution >= 4 is 5.69 Å². The van der Waals surface area contributed by atoms with Gasteiger partial charge in [0.25, 0.3) is 0 Å². The lowest BCUT2D eigenvalue weighted by atomic mass is 9.75. The first-order valence-corrected chi connectivity index (χ1v) is 7.02. The van der Waals surface area contributed by atoms with Gasteiger partial charge in [-0.1, -0.05) is 18.2 Å². The van der Waals surface area contributed by atoms with Gasteiger partial charge in [-0.05, 0) is 42.5 Å². The van der Waals surface area contributed by atoms with Crippen LogP contribution >= 0.6 is 0 Å². The van der Waals surface area contributed by atoms with E-state index < -0.39 is 11.6 Å². The molecule has 3 rings (SSSR count). The Kier molecular flexibility index (Phi) is 3.78. The van der Waals surface area contributed by atoms with E-state index in [1.807, 2.05) is 18.2 Å². The molecule has 0 spiro atoms. The topological polar surface area (TPSA) is 21.3 Å². The summed E-state index contributed by atoms with van der Waals surface area (Å²) < 4.78 is 31.8. The molecule has 0 saturated heterocycles. The van der Waals surface area contributed by atoms with Crippen molar-refractivity contribution in [3.8, 4) is 5.75 Å². The smallest absolute Gasteiger partial charge is 0.149 e. The SMILES string of the molecule is COc1ccccc1C1CC(Nc2ccc(F)cc2F)C1. The molecule has 1 fully saturated rings. The predicted octanol–water partition coefficient (Wildman–Crippen LogP) is 4.33. The lowest BCUT2D eigenvalue weighted by Gasteiger charge is -2.37. The minimum absolute atomic E-state index is 0.208.